The predicted octanol–water partition coefficient (Wildman–Crippen LogP) is 3.83. The Morgan fingerprint density at radius 1 is 1.37 bits per heavy atom. The molecule has 0 spiro atoms. The Kier molecular flexibility index (Phi) is 3.58. The van der Waals surface area contributed by atoms with Crippen LogP contribution in [0.2, 0.25) is 0 Å². The molecule has 0 unspecified atom stereocenters. The summed E-state index contributed by atoms with van der Waals surface area (Å²) in [7, 11) is 1.76. The molecule has 7 heteroatoms. The molecule has 2 rings (SSSR count). The van der Waals surface area contributed by atoms with Crippen LogP contribution < -0.4 is 5.32 Å². The average Bonchev–Trinajstić information content (AvgIpc) is 2.87. The second kappa shape index (κ2) is 4.88. The Balaban J connectivity index is 2.41. The topological polar surface area (TPSA) is 29.9 Å². The van der Waals surface area contributed by atoms with Gasteiger partial charge in [-0.1, -0.05) is 0 Å². The number of thiazole rings is 1. The summed E-state index contributed by atoms with van der Waals surface area (Å²) in [6.07, 6.45) is -4.22. The molecular formula is C12H14F3N3S. The fourth-order valence-corrected chi connectivity index (χ4v) is 2.67. The molecule has 19 heavy (non-hydrogen) atoms. The molecule has 0 saturated heterocycles. The number of hydrogen-bond acceptors (Lipinski definition) is 3. The molecule has 3 nitrogen and oxygen atoms in total. The van der Waals surface area contributed by atoms with Gasteiger partial charge < -0.3 is 9.88 Å². The predicted molar refractivity (Wildman–Crippen MR) is 70.6 cm³/mol. The standard InChI is InChI=1S/C12H14F3N3S/c1-7-4-9(10-5-19-11(16-3)17-10)8(2)18(7)6-12(13,14)15/h4-5H,6H2,1-3H3,(H,16,17). The van der Waals surface area contributed by atoms with Crippen molar-refractivity contribution in [2.24, 2.45) is 0 Å². The largest absolute Gasteiger partial charge is 0.406 e. The number of rotatable bonds is 3. The Hall–Kier alpha value is -1.50. The molecule has 0 bridgehead atoms. The van der Waals surface area contributed by atoms with E-state index in [-0.39, 0.29) is 0 Å². The van der Waals surface area contributed by atoms with Gasteiger partial charge in [0.15, 0.2) is 5.13 Å². The first kappa shape index (κ1) is 13.9. The van der Waals surface area contributed by atoms with Crippen molar-refractivity contribution < 1.29 is 13.2 Å². The van der Waals surface area contributed by atoms with Crippen molar-refractivity contribution in [3.05, 3.63) is 22.8 Å². The van der Waals surface area contributed by atoms with Crippen LogP contribution in [0.4, 0.5) is 18.3 Å². The van der Waals surface area contributed by atoms with E-state index >= 15 is 0 Å². The van der Waals surface area contributed by atoms with E-state index in [9.17, 15) is 13.2 Å². The second-order valence-corrected chi connectivity index (χ2v) is 5.13. The highest BCUT2D eigenvalue weighted by atomic mass is 32.1. The number of nitrogens with zero attached hydrogens (tertiary/aromatic N) is 2. The maximum Gasteiger partial charge on any atom is 0.406 e. The molecular weight excluding hydrogens is 275 g/mol. The molecule has 104 valence electrons. The monoisotopic (exact) mass is 289 g/mol. The Labute approximate surface area is 113 Å². The van der Waals surface area contributed by atoms with Crippen molar-refractivity contribution >= 4 is 16.5 Å². The third-order valence-electron chi connectivity index (χ3n) is 2.91. The van der Waals surface area contributed by atoms with Crippen LogP contribution in [0.1, 0.15) is 11.4 Å². The molecule has 0 fully saturated rings. The molecule has 2 aromatic heterocycles. The lowest BCUT2D eigenvalue weighted by Crippen LogP contribution is -2.19. The average molecular weight is 289 g/mol. The van der Waals surface area contributed by atoms with Crippen LogP contribution in [-0.2, 0) is 6.54 Å². The van der Waals surface area contributed by atoms with Crippen molar-refractivity contribution in [1.29, 1.82) is 0 Å². The van der Waals surface area contributed by atoms with Gasteiger partial charge in [-0.15, -0.1) is 11.3 Å². The van der Waals surface area contributed by atoms with E-state index < -0.39 is 12.7 Å². The minimum atomic E-state index is -4.22. The van der Waals surface area contributed by atoms with Gasteiger partial charge in [0.2, 0.25) is 0 Å². The number of aromatic nitrogens is 2. The Morgan fingerprint density at radius 2 is 2.05 bits per heavy atom. The molecule has 0 aliphatic carbocycles. The van der Waals surface area contributed by atoms with E-state index in [0.717, 1.165) is 10.7 Å². The number of aryl methyl sites for hydroxylation is 1. The first-order valence-electron chi connectivity index (χ1n) is 5.69. The highest BCUT2D eigenvalue weighted by Crippen LogP contribution is 2.31. The maximum atomic E-state index is 12.5. The second-order valence-electron chi connectivity index (χ2n) is 4.27. The summed E-state index contributed by atoms with van der Waals surface area (Å²) in [4.78, 5) is 4.32. The Bertz CT molecular complexity index is 584. The number of nitrogens with one attached hydrogen (secondary N) is 1. The van der Waals surface area contributed by atoms with Gasteiger partial charge in [-0.3, -0.25) is 0 Å². The minimum absolute atomic E-state index is 0.586. The van der Waals surface area contributed by atoms with Gasteiger partial charge in [0, 0.05) is 29.4 Å². The van der Waals surface area contributed by atoms with Crippen molar-refractivity contribution in [2.45, 2.75) is 26.6 Å². The first-order chi connectivity index (χ1) is 8.81. The van der Waals surface area contributed by atoms with Crippen LogP contribution in [0.3, 0.4) is 0 Å². The lowest BCUT2D eigenvalue weighted by atomic mass is 10.2. The van der Waals surface area contributed by atoms with E-state index in [4.69, 9.17) is 0 Å². The van der Waals surface area contributed by atoms with Gasteiger partial charge in [-0.05, 0) is 19.9 Å². The van der Waals surface area contributed by atoms with Crippen molar-refractivity contribution in [1.82, 2.24) is 9.55 Å². The van der Waals surface area contributed by atoms with Gasteiger partial charge >= 0.3 is 6.18 Å². The summed E-state index contributed by atoms with van der Waals surface area (Å²) in [5, 5.41) is 5.50. The minimum Gasteiger partial charge on any atom is -0.365 e. The summed E-state index contributed by atoms with van der Waals surface area (Å²) < 4.78 is 38.9. The van der Waals surface area contributed by atoms with E-state index in [1.54, 1.807) is 27.0 Å². The highest BCUT2D eigenvalue weighted by Gasteiger charge is 2.29. The van der Waals surface area contributed by atoms with Crippen LogP contribution in [0.15, 0.2) is 11.4 Å². The number of halogens is 3. The number of anilines is 1. The zero-order valence-electron chi connectivity index (χ0n) is 10.8. The number of alkyl halides is 3. The van der Waals surface area contributed by atoms with Gasteiger partial charge in [0.05, 0.1) is 5.69 Å². The van der Waals surface area contributed by atoms with Crippen LogP contribution in [0, 0.1) is 13.8 Å². The molecule has 1 N–H and O–H groups in total. The zero-order valence-corrected chi connectivity index (χ0v) is 11.6. The quantitative estimate of drug-likeness (QED) is 0.930. The van der Waals surface area contributed by atoms with Gasteiger partial charge in [-0.2, -0.15) is 13.2 Å². The van der Waals surface area contributed by atoms with Crippen molar-refractivity contribution in [2.75, 3.05) is 12.4 Å². The molecule has 0 aromatic carbocycles. The lowest BCUT2D eigenvalue weighted by Gasteiger charge is -2.12. The molecule has 2 aromatic rings. The smallest absolute Gasteiger partial charge is 0.365 e. The number of hydrogen-bond donors (Lipinski definition) is 1. The Morgan fingerprint density at radius 3 is 2.58 bits per heavy atom. The summed E-state index contributed by atoms with van der Waals surface area (Å²) in [6.45, 7) is 2.40. The van der Waals surface area contributed by atoms with Crippen LogP contribution in [-0.4, -0.2) is 22.8 Å². The first-order valence-corrected chi connectivity index (χ1v) is 6.57. The van der Waals surface area contributed by atoms with Gasteiger partial charge in [0.25, 0.3) is 0 Å². The maximum absolute atomic E-state index is 12.5. The molecule has 2 heterocycles. The van der Waals surface area contributed by atoms with Gasteiger partial charge in [-0.25, -0.2) is 4.98 Å². The van der Waals surface area contributed by atoms with E-state index in [1.807, 2.05) is 5.38 Å². The van der Waals surface area contributed by atoms with Crippen LogP contribution in [0.5, 0.6) is 0 Å². The van der Waals surface area contributed by atoms with Crippen molar-refractivity contribution in [3.8, 4) is 11.3 Å². The molecule has 0 saturated carbocycles. The highest BCUT2D eigenvalue weighted by molar-refractivity contribution is 7.14. The third-order valence-corrected chi connectivity index (χ3v) is 3.76. The van der Waals surface area contributed by atoms with Gasteiger partial charge in [0.1, 0.15) is 6.54 Å². The fraction of sp³-hybridized carbons (Fsp3) is 0.417. The van der Waals surface area contributed by atoms with Crippen LogP contribution >= 0.6 is 11.3 Å². The zero-order chi connectivity index (χ0) is 14.2. The van der Waals surface area contributed by atoms with E-state index in [1.165, 1.54) is 15.9 Å². The fourth-order valence-electron chi connectivity index (χ4n) is 2.00. The molecule has 0 radical (unpaired) electrons. The van der Waals surface area contributed by atoms with Crippen molar-refractivity contribution in [3.63, 3.8) is 0 Å². The summed E-state index contributed by atoms with van der Waals surface area (Å²) in [6, 6.07) is 1.75. The SMILES string of the molecule is CNc1nc(-c2cc(C)n(CC(F)(F)F)c2C)cs1. The lowest BCUT2D eigenvalue weighted by molar-refractivity contribution is -0.141. The molecule has 0 aliphatic rings. The van der Waals surface area contributed by atoms with Crippen LogP contribution in [0.25, 0.3) is 11.3 Å². The summed E-state index contributed by atoms with van der Waals surface area (Å²) in [5.74, 6) is 0. The molecule has 0 atom stereocenters. The summed E-state index contributed by atoms with van der Waals surface area (Å²) >= 11 is 1.43. The molecule has 0 aliphatic heterocycles. The van der Waals surface area contributed by atoms with E-state index in [2.05, 4.69) is 10.3 Å². The third kappa shape index (κ3) is 2.91. The summed E-state index contributed by atoms with van der Waals surface area (Å²) in [5.41, 5.74) is 2.63. The van der Waals surface area contributed by atoms with E-state index in [0.29, 0.717) is 17.1 Å². The normalized spacial score (nSPS) is 11.9. The molecule has 0 amide bonds.